The summed E-state index contributed by atoms with van der Waals surface area (Å²) < 4.78 is 47.2. The van der Waals surface area contributed by atoms with Gasteiger partial charge < -0.3 is 18.9 Å². The highest BCUT2D eigenvalue weighted by Gasteiger charge is 2.65. The highest BCUT2D eigenvalue weighted by molar-refractivity contribution is 5.83. The van der Waals surface area contributed by atoms with Crippen LogP contribution in [0.15, 0.2) is 0 Å². The molecule has 0 aromatic heterocycles. The molecule has 0 radical (unpaired) electrons. The number of ketones is 1. The van der Waals surface area contributed by atoms with Crippen molar-refractivity contribution in [3.63, 3.8) is 0 Å². The quantitative estimate of drug-likeness (QED) is 0.219. The summed E-state index contributed by atoms with van der Waals surface area (Å²) in [7, 11) is 0. The molecule has 9 nitrogen and oxygen atoms in total. The number of fused-ring (bicyclic) bond motifs is 5. The Morgan fingerprint density at radius 2 is 1.38 bits per heavy atom. The topological polar surface area (TPSA) is 122 Å². The van der Waals surface area contributed by atoms with Crippen molar-refractivity contribution in [3.8, 4) is 0 Å². The fourth-order valence-electron chi connectivity index (χ4n) is 10.5. The Labute approximate surface area is 273 Å². The standard InChI is InChI=1S/C36H56O9/c1-18(2)19(3)33(44-23(7)39)34(45-24(8)40)20(4)26-11-12-27-25-15-30(41)29-16-31(42-21(5)37)32(43-22(6)38)17-36(29,10)28(25)13-14-35(26,27)9/h18-20,25-29,31-34H,11-17H2,1-10H3/t19-,20+,25+,26-,27+,28+,29-,31+,32-,33-,34-,35-,36-/m1/s1/i1D3/t18?,19-,20+,25+,26-,27+,28+,29-,31+,32-,33-,34-,35-,36-. The summed E-state index contributed by atoms with van der Waals surface area (Å²) >= 11 is 0. The van der Waals surface area contributed by atoms with Crippen molar-refractivity contribution < 1.29 is 47.0 Å². The summed E-state index contributed by atoms with van der Waals surface area (Å²) in [5.41, 5.74) is -0.629. The third-order valence-electron chi connectivity index (χ3n) is 12.5. The molecule has 1 unspecified atom stereocenters. The predicted octanol–water partition coefficient (Wildman–Crippen LogP) is 6.09. The van der Waals surface area contributed by atoms with Gasteiger partial charge in [-0.25, -0.2) is 0 Å². The molecule has 0 aromatic carbocycles. The van der Waals surface area contributed by atoms with Gasteiger partial charge in [-0.05, 0) is 84.9 Å². The van der Waals surface area contributed by atoms with Crippen LogP contribution in [0, 0.1) is 58.2 Å². The zero-order valence-electron chi connectivity index (χ0n) is 31.6. The SMILES string of the molecule is [2H]C([2H])([2H])C(C)[C@@H](C)[C@@H](OC(C)=O)[C@H](OC(C)=O)[C@@H](C)[C@H]1CC[C@H]2[C@@H]3CC(=O)[C@H]4C[C@H](OC(C)=O)[C@H](OC(C)=O)C[C@]4(C)[C@H]3CC[C@]12C. The fraction of sp³-hybridized carbons (Fsp3) is 0.861. The van der Waals surface area contributed by atoms with E-state index in [1.807, 2.05) is 6.92 Å². The number of rotatable bonds is 9. The van der Waals surface area contributed by atoms with E-state index in [4.69, 9.17) is 23.1 Å². The number of carbonyl (C=O) groups excluding carboxylic acids is 5. The molecule has 14 atom stereocenters. The Hall–Kier alpha value is -2.45. The summed E-state index contributed by atoms with van der Waals surface area (Å²) in [5, 5.41) is 0. The van der Waals surface area contributed by atoms with E-state index in [0.29, 0.717) is 19.3 Å². The minimum atomic E-state index is -2.29. The van der Waals surface area contributed by atoms with Crippen LogP contribution >= 0.6 is 0 Å². The number of hydrogen-bond donors (Lipinski definition) is 0. The van der Waals surface area contributed by atoms with Gasteiger partial charge in [0.2, 0.25) is 0 Å². The first-order valence-corrected chi connectivity index (χ1v) is 16.8. The molecule has 0 spiro atoms. The van der Waals surface area contributed by atoms with E-state index in [-0.39, 0.29) is 46.7 Å². The van der Waals surface area contributed by atoms with Gasteiger partial charge in [0.1, 0.15) is 30.2 Å². The molecule has 0 aliphatic heterocycles. The maximum atomic E-state index is 14.0. The number of carbonyl (C=O) groups is 5. The van der Waals surface area contributed by atoms with Crippen LogP contribution in [0.2, 0.25) is 0 Å². The molecule has 0 heterocycles. The van der Waals surface area contributed by atoms with Crippen molar-refractivity contribution in [3.05, 3.63) is 0 Å². The highest BCUT2D eigenvalue weighted by Crippen LogP contribution is 2.68. The minimum Gasteiger partial charge on any atom is -0.459 e. The van der Waals surface area contributed by atoms with E-state index in [9.17, 15) is 24.0 Å². The highest BCUT2D eigenvalue weighted by atomic mass is 16.6. The lowest BCUT2D eigenvalue weighted by Gasteiger charge is -2.61. The van der Waals surface area contributed by atoms with Gasteiger partial charge in [-0.15, -0.1) is 0 Å². The number of hydrogen-bond acceptors (Lipinski definition) is 9. The molecule has 4 aliphatic rings. The van der Waals surface area contributed by atoms with Gasteiger partial charge in [-0.3, -0.25) is 24.0 Å². The van der Waals surface area contributed by atoms with E-state index in [2.05, 4.69) is 13.8 Å². The monoisotopic (exact) mass is 635 g/mol. The maximum absolute atomic E-state index is 14.0. The van der Waals surface area contributed by atoms with Crippen LogP contribution in [-0.2, 0) is 42.9 Å². The molecular weight excluding hydrogens is 576 g/mol. The van der Waals surface area contributed by atoms with E-state index >= 15 is 0 Å². The van der Waals surface area contributed by atoms with Gasteiger partial charge in [0.15, 0.2) is 0 Å². The first-order chi connectivity index (χ1) is 22.1. The molecule has 0 N–H and O–H groups in total. The van der Waals surface area contributed by atoms with Crippen molar-refractivity contribution in [1.82, 2.24) is 0 Å². The van der Waals surface area contributed by atoms with Crippen LogP contribution < -0.4 is 0 Å². The van der Waals surface area contributed by atoms with Gasteiger partial charge in [0.25, 0.3) is 0 Å². The third-order valence-corrected chi connectivity index (χ3v) is 12.5. The predicted molar refractivity (Wildman–Crippen MR) is 166 cm³/mol. The molecule has 4 aliphatic carbocycles. The van der Waals surface area contributed by atoms with Crippen molar-refractivity contribution in [2.45, 2.75) is 139 Å². The van der Waals surface area contributed by atoms with Gasteiger partial charge in [-0.1, -0.05) is 41.5 Å². The molecule has 9 heteroatoms. The van der Waals surface area contributed by atoms with E-state index < -0.39 is 72.4 Å². The number of esters is 4. The van der Waals surface area contributed by atoms with E-state index in [1.54, 1.807) is 13.8 Å². The molecule has 0 bridgehead atoms. The molecule has 4 fully saturated rings. The Kier molecular flexibility index (Phi) is 9.24. The molecule has 4 rings (SSSR count). The van der Waals surface area contributed by atoms with Crippen LogP contribution in [0.1, 0.15) is 118 Å². The molecule has 254 valence electrons. The Bertz CT molecular complexity index is 1270. The number of Topliss-reactive ketones (excluding diaryl/α,β-unsaturated/α-hetero) is 1. The zero-order valence-corrected chi connectivity index (χ0v) is 28.6. The summed E-state index contributed by atoms with van der Waals surface area (Å²) in [4.78, 5) is 62.9. The summed E-state index contributed by atoms with van der Waals surface area (Å²) in [6.45, 7) is 12.8. The second-order valence-corrected chi connectivity index (χ2v) is 15.2. The third kappa shape index (κ3) is 6.83. The second-order valence-electron chi connectivity index (χ2n) is 15.2. The van der Waals surface area contributed by atoms with Gasteiger partial charge in [0.05, 0.1) is 0 Å². The molecule has 45 heavy (non-hydrogen) atoms. The average Bonchev–Trinajstić information content (AvgIpc) is 3.30. The largest absolute Gasteiger partial charge is 0.459 e. The normalized spacial score (nSPS) is 40.3. The smallest absolute Gasteiger partial charge is 0.303 e. The number of ether oxygens (including phenoxy) is 4. The van der Waals surface area contributed by atoms with Gasteiger partial charge in [0, 0.05) is 50.1 Å². The van der Waals surface area contributed by atoms with Crippen LogP contribution in [0.4, 0.5) is 0 Å². The fourth-order valence-corrected chi connectivity index (χ4v) is 10.5. The van der Waals surface area contributed by atoms with Gasteiger partial charge in [-0.2, -0.15) is 0 Å². The Morgan fingerprint density at radius 1 is 0.800 bits per heavy atom. The zero-order chi connectivity index (χ0) is 36.1. The molecule has 0 aromatic rings. The van der Waals surface area contributed by atoms with Crippen molar-refractivity contribution in [1.29, 1.82) is 0 Å². The molecular formula is C36H56O9. The maximum Gasteiger partial charge on any atom is 0.303 e. The van der Waals surface area contributed by atoms with Crippen LogP contribution in [0.5, 0.6) is 0 Å². The Morgan fingerprint density at radius 3 is 1.96 bits per heavy atom. The lowest BCUT2D eigenvalue weighted by molar-refractivity contribution is -0.197. The summed E-state index contributed by atoms with van der Waals surface area (Å²) in [6.07, 6.45) is 1.61. The van der Waals surface area contributed by atoms with Crippen molar-refractivity contribution >= 4 is 29.7 Å². The first kappa shape index (κ1) is 31.2. The summed E-state index contributed by atoms with van der Waals surface area (Å²) in [5.74, 6) is -3.22. The second kappa shape index (κ2) is 13.3. The van der Waals surface area contributed by atoms with Crippen molar-refractivity contribution in [2.75, 3.05) is 0 Å². The van der Waals surface area contributed by atoms with Crippen LogP contribution in [0.25, 0.3) is 0 Å². The van der Waals surface area contributed by atoms with Crippen LogP contribution in [-0.4, -0.2) is 54.1 Å². The lowest BCUT2D eigenvalue weighted by atomic mass is 9.43. The first-order valence-electron chi connectivity index (χ1n) is 18.3. The average molecular weight is 636 g/mol. The minimum absolute atomic E-state index is 0.0651. The lowest BCUT2D eigenvalue weighted by Crippen LogP contribution is -2.60. The molecule has 0 saturated heterocycles. The Balaban J connectivity index is 1.64. The van der Waals surface area contributed by atoms with Crippen LogP contribution in [0.3, 0.4) is 0 Å². The van der Waals surface area contributed by atoms with E-state index in [1.165, 1.54) is 27.7 Å². The van der Waals surface area contributed by atoms with E-state index in [0.717, 1.165) is 25.7 Å². The van der Waals surface area contributed by atoms with Crippen molar-refractivity contribution in [2.24, 2.45) is 58.2 Å². The van der Waals surface area contributed by atoms with Gasteiger partial charge >= 0.3 is 23.9 Å². The molecule has 4 saturated carbocycles. The summed E-state index contributed by atoms with van der Waals surface area (Å²) in [6, 6.07) is 0. The molecule has 0 amide bonds.